The van der Waals surface area contributed by atoms with E-state index in [2.05, 4.69) is 4.98 Å². The maximum Gasteiger partial charge on any atom is 0.316 e. The Balaban J connectivity index is 1.50. The Kier molecular flexibility index (Phi) is 6.09. The summed E-state index contributed by atoms with van der Waals surface area (Å²) in [5, 5.41) is 2.81. The van der Waals surface area contributed by atoms with E-state index in [1.807, 2.05) is 60.0 Å². The van der Waals surface area contributed by atoms with Crippen molar-refractivity contribution in [3.05, 3.63) is 65.7 Å². The molecular weight excluding hydrogens is 354 g/mol. The van der Waals surface area contributed by atoms with Crippen molar-refractivity contribution in [2.45, 2.75) is 11.5 Å². The van der Waals surface area contributed by atoms with Crippen molar-refractivity contribution in [3.8, 4) is 16.3 Å². The van der Waals surface area contributed by atoms with Crippen LogP contribution in [0.3, 0.4) is 0 Å². The van der Waals surface area contributed by atoms with E-state index in [9.17, 15) is 4.79 Å². The van der Waals surface area contributed by atoms with E-state index in [1.165, 1.54) is 23.1 Å². The average molecular weight is 371 g/mol. The first kappa shape index (κ1) is 17.5. The fourth-order valence-electron chi connectivity index (χ4n) is 2.09. The van der Waals surface area contributed by atoms with Gasteiger partial charge in [0.2, 0.25) is 0 Å². The molecule has 0 radical (unpaired) electrons. The van der Waals surface area contributed by atoms with Crippen LogP contribution in [-0.2, 0) is 16.1 Å². The van der Waals surface area contributed by atoms with Crippen molar-refractivity contribution in [1.29, 1.82) is 0 Å². The van der Waals surface area contributed by atoms with Gasteiger partial charge in [0, 0.05) is 15.8 Å². The summed E-state index contributed by atoms with van der Waals surface area (Å²) in [4.78, 5) is 17.4. The summed E-state index contributed by atoms with van der Waals surface area (Å²) in [5.41, 5.74) is 1.77. The first-order valence-corrected chi connectivity index (χ1v) is 9.53. The van der Waals surface area contributed by atoms with Crippen LogP contribution >= 0.6 is 23.1 Å². The average Bonchev–Trinajstić information content (AvgIpc) is 3.14. The van der Waals surface area contributed by atoms with Crippen molar-refractivity contribution >= 4 is 29.1 Å². The van der Waals surface area contributed by atoms with Crippen LogP contribution in [0.5, 0.6) is 5.75 Å². The molecule has 2 aromatic carbocycles. The molecule has 0 N–H and O–H groups in total. The van der Waals surface area contributed by atoms with Crippen LogP contribution in [0, 0.1) is 0 Å². The van der Waals surface area contributed by atoms with Crippen LogP contribution in [0.4, 0.5) is 0 Å². The number of thioether (sulfide) groups is 1. The Morgan fingerprint density at radius 3 is 2.60 bits per heavy atom. The molecule has 0 aliphatic rings. The molecule has 1 heterocycles. The smallest absolute Gasteiger partial charge is 0.316 e. The zero-order valence-electron chi connectivity index (χ0n) is 13.7. The minimum Gasteiger partial charge on any atom is -0.497 e. The maximum atomic E-state index is 11.9. The Morgan fingerprint density at radius 2 is 1.88 bits per heavy atom. The van der Waals surface area contributed by atoms with Gasteiger partial charge in [-0.2, -0.15) is 0 Å². The first-order valence-electron chi connectivity index (χ1n) is 7.67. The lowest BCUT2D eigenvalue weighted by atomic mass is 10.2. The first-order chi connectivity index (χ1) is 12.2. The molecule has 0 saturated carbocycles. The largest absolute Gasteiger partial charge is 0.497 e. The number of aromatic nitrogens is 1. The molecule has 0 unspecified atom stereocenters. The number of carbonyl (C=O) groups is 1. The third-order valence-electron chi connectivity index (χ3n) is 3.37. The number of rotatable bonds is 7. The van der Waals surface area contributed by atoms with Crippen molar-refractivity contribution in [2.75, 3.05) is 12.9 Å². The minimum absolute atomic E-state index is 0.195. The number of thiazole rings is 1. The standard InChI is InChI=1S/C19H17NO3S2/c1-22-16-9-7-14(8-10-16)19-20-15(12-25-19)11-23-18(21)13-24-17-5-3-2-4-6-17/h2-10,12H,11,13H2,1H3. The molecule has 4 nitrogen and oxygen atoms in total. The summed E-state index contributed by atoms with van der Waals surface area (Å²) < 4.78 is 10.5. The van der Waals surface area contributed by atoms with Crippen LogP contribution in [0.2, 0.25) is 0 Å². The summed E-state index contributed by atoms with van der Waals surface area (Å²) in [6.07, 6.45) is 0. The lowest BCUT2D eigenvalue weighted by Crippen LogP contribution is -2.07. The molecule has 3 rings (SSSR count). The number of carbonyl (C=O) groups excluding carboxylic acids is 1. The van der Waals surface area contributed by atoms with Crippen molar-refractivity contribution in [2.24, 2.45) is 0 Å². The third-order valence-corrected chi connectivity index (χ3v) is 5.30. The lowest BCUT2D eigenvalue weighted by Gasteiger charge is -2.03. The molecule has 0 spiro atoms. The zero-order valence-corrected chi connectivity index (χ0v) is 15.3. The minimum atomic E-state index is -0.243. The topological polar surface area (TPSA) is 48.4 Å². The number of ether oxygens (including phenoxy) is 2. The number of methoxy groups -OCH3 is 1. The second kappa shape index (κ2) is 8.69. The van der Waals surface area contributed by atoms with E-state index in [1.54, 1.807) is 7.11 Å². The normalized spacial score (nSPS) is 10.4. The molecule has 6 heteroatoms. The van der Waals surface area contributed by atoms with Gasteiger partial charge in [0.1, 0.15) is 17.4 Å². The molecule has 25 heavy (non-hydrogen) atoms. The Hall–Kier alpha value is -2.31. The summed E-state index contributed by atoms with van der Waals surface area (Å²) in [7, 11) is 1.64. The highest BCUT2D eigenvalue weighted by atomic mass is 32.2. The van der Waals surface area contributed by atoms with E-state index >= 15 is 0 Å². The Morgan fingerprint density at radius 1 is 1.12 bits per heavy atom. The summed E-state index contributed by atoms with van der Waals surface area (Å²) >= 11 is 2.99. The van der Waals surface area contributed by atoms with Gasteiger partial charge in [-0.1, -0.05) is 18.2 Å². The monoisotopic (exact) mass is 371 g/mol. The fourth-order valence-corrected chi connectivity index (χ4v) is 3.62. The summed E-state index contributed by atoms with van der Waals surface area (Å²) in [5.74, 6) is 0.859. The maximum absolute atomic E-state index is 11.9. The third kappa shape index (κ3) is 5.08. The van der Waals surface area contributed by atoms with E-state index in [-0.39, 0.29) is 12.6 Å². The van der Waals surface area contributed by atoms with Crippen molar-refractivity contribution < 1.29 is 14.3 Å². The van der Waals surface area contributed by atoms with Gasteiger partial charge in [-0.25, -0.2) is 4.98 Å². The van der Waals surface area contributed by atoms with Crippen LogP contribution < -0.4 is 4.74 Å². The van der Waals surface area contributed by atoms with Crippen molar-refractivity contribution in [3.63, 3.8) is 0 Å². The van der Waals surface area contributed by atoms with Gasteiger partial charge in [-0.3, -0.25) is 4.79 Å². The SMILES string of the molecule is COc1ccc(-c2nc(COC(=O)CSc3ccccc3)cs2)cc1. The van der Waals surface area contributed by atoms with Crippen LogP contribution in [0.25, 0.3) is 10.6 Å². The summed E-state index contributed by atoms with van der Waals surface area (Å²) in [6, 6.07) is 17.5. The van der Waals surface area contributed by atoms with Crippen LogP contribution in [0.15, 0.2) is 64.9 Å². The lowest BCUT2D eigenvalue weighted by molar-refractivity contribution is -0.141. The molecule has 0 amide bonds. The van der Waals surface area contributed by atoms with E-state index in [0.717, 1.165) is 26.9 Å². The van der Waals surface area contributed by atoms with Gasteiger partial charge < -0.3 is 9.47 Å². The highest BCUT2D eigenvalue weighted by Crippen LogP contribution is 2.26. The second-order valence-electron chi connectivity index (χ2n) is 5.13. The van der Waals surface area contributed by atoms with Gasteiger partial charge >= 0.3 is 5.97 Å². The predicted molar refractivity (Wildman–Crippen MR) is 101 cm³/mol. The number of esters is 1. The zero-order chi connectivity index (χ0) is 17.5. The van der Waals surface area contributed by atoms with Gasteiger partial charge in [-0.15, -0.1) is 23.1 Å². The molecule has 0 aliphatic carbocycles. The van der Waals surface area contributed by atoms with E-state index in [0.29, 0.717) is 5.75 Å². The number of nitrogens with zero attached hydrogens (tertiary/aromatic N) is 1. The number of hydrogen-bond donors (Lipinski definition) is 0. The molecule has 0 bridgehead atoms. The molecular formula is C19H17NO3S2. The molecule has 3 aromatic rings. The number of benzene rings is 2. The molecule has 0 fully saturated rings. The second-order valence-corrected chi connectivity index (χ2v) is 7.04. The van der Waals surface area contributed by atoms with Crippen LogP contribution in [0.1, 0.15) is 5.69 Å². The van der Waals surface area contributed by atoms with Crippen molar-refractivity contribution in [1.82, 2.24) is 4.98 Å². The Bertz CT molecular complexity index is 816. The molecule has 1 aromatic heterocycles. The quantitative estimate of drug-likeness (QED) is 0.447. The Labute approximate surface area is 154 Å². The van der Waals surface area contributed by atoms with Crippen LogP contribution in [-0.4, -0.2) is 23.8 Å². The van der Waals surface area contributed by atoms with Gasteiger partial charge in [0.05, 0.1) is 18.6 Å². The highest BCUT2D eigenvalue weighted by Gasteiger charge is 2.09. The van der Waals surface area contributed by atoms with Gasteiger partial charge in [-0.05, 0) is 36.4 Å². The molecule has 128 valence electrons. The van der Waals surface area contributed by atoms with Gasteiger partial charge in [0.15, 0.2) is 0 Å². The molecule has 0 atom stereocenters. The summed E-state index contributed by atoms with van der Waals surface area (Å²) in [6.45, 7) is 0.195. The van der Waals surface area contributed by atoms with E-state index < -0.39 is 0 Å². The predicted octanol–water partition coefficient (Wildman–Crippen LogP) is 4.65. The highest BCUT2D eigenvalue weighted by molar-refractivity contribution is 8.00. The van der Waals surface area contributed by atoms with Gasteiger partial charge in [0.25, 0.3) is 0 Å². The van der Waals surface area contributed by atoms with E-state index in [4.69, 9.17) is 9.47 Å². The number of hydrogen-bond acceptors (Lipinski definition) is 6. The fraction of sp³-hybridized carbons (Fsp3) is 0.158. The molecule has 0 saturated heterocycles. The molecule has 0 aliphatic heterocycles.